The van der Waals surface area contributed by atoms with E-state index in [4.69, 9.17) is 14.2 Å². The number of ether oxygens (including phenoxy) is 3. The molecule has 0 N–H and O–H groups in total. The molecule has 0 spiro atoms. The summed E-state index contributed by atoms with van der Waals surface area (Å²) < 4.78 is 30.3. The number of allylic oxidation sites excluding steroid dienone is 3. The molecule has 2 heterocycles. The second-order valence-corrected chi connectivity index (χ2v) is 5.84. The van der Waals surface area contributed by atoms with Crippen LogP contribution in [0.25, 0.3) is 0 Å². The van der Waals surface area contributed by atoms with Crippen LogP contribution in [0.2, 0.25) is 0 Å². The van der Waals surface area contributed by atoms with Crippen molar-refractivity contribution in [3.8, 4) is 5.75 Å². The Labute approximate surface area is 145 Å². The summed E-state index contributed by atoms with van der Waals surface area (Å²) >= 11 is 0. The highest BCUT2D eigenvalue weighted by Crippen LogP contribution is 2.33. The molecule has 6 nitrogen and oxygen atoms in total. The van der Waals surface area contributed by atoms with Gasteiger partial charge in [0.05, 0.1) is 19.3 Å². The van der Waals surface area contributed by atoms with Crippen molar-refractivity contribution in [3.05, 3.63) is 47.8 Å². The number of methoxy groups -OCH3 is 1. The number of amides is 1. The van der Waals surface area contributed by atoms with Crippen molar-refractivity contribution in [1.82, 2.24) is 9.88 Å². The molecule has 1 unspecified atom stereocenters. The summed E-state index contributed by atoms with van der Waals surface area (Å²) in [7, 11) is 1.59. The Bertz CT molecular complexity index is 689. The minimum Gasteiger partial charge on any atom is -0.454 e. The van der Waals surface area contributed by atoms with Crippen LogP contribution in [0, 0.1) is 0 Å². The van der Waals surface area contributed by atoms with E-state index in [1.165, 1.54) is 0 Å². The molecule has 1 fully saturated rings. The zero-order valence-corrected chi connectivity index (χ0v) is 14.1. The van der Waals surface area contributed by atoms with Gasteiger partial charge in [-0.05, 0) is 18.6 Å². The van der Waals surface area contributed by atoms with Gasteiger partial charge in [-0.25, -0.2) is 4.39 Å². The number of morpholine rings is 1. The predicted octanol–water partition coefficient (Wildman–Crippen LogP) is 2.54. The zero-order chi connectivity index (χ0) is 17.6. The first kappa shape index (κ1) is 17.6. The second kappa shape index (κ2) is 8.22. The first-order valence-electron chi connectivity index (χ1n) is 8.24. The fourth-order valence-electron chi connectivity index (χ4n) is 2.89. The third-order valence-corrected chi connectivity index (χ3v) is 4.19. The summed E-state index contributed by atoms with van der Waals surface area (Å²) in [4.78, 5) is 18.1. The van der Waals surface area contributed by atoms with Gasteiger partial charge in [0.1, 0.15) is 18.2 Å². The van der Waals surface area contributed by atoms with Crippen molar-refractivity contribution < 1.29 is 23.4 Å². The van der Waals surface area contributed by atoms with Crippen molar-refractivity contribution in [2.75, 3.05) is 33.5 Å². The molecule has 2 aliphatic rings. The van der Waals surface area contributed by atoms with Crippen LogP contribution in [0.5, 0.6) is 5.75 Å². The summed E-state index contributed by atoms with van der Waals surface area (Å²) in [6.07, 6.45) is 7.71. The lowest BCUT2D eigenvalue weighted by Crippen LogP contribution is -2.45. The maximum Gasteiger partial charge on any atom is 0.249 e. The molecule has 1 atom stereocenters. The van der Waals surface area contributed by atoms with Crippen molar-refractivity contribution >= 4 is 5.91 Å². The van der Waals surface area contributed by atoms with Gasteiger partial charge >= 0.3 is 0 Å². The fourth-order valence-corrected chi connectivity index (χ4v) is 2.89. The molecule has 1 aliphatic carbocycles. The lowest BCUT2D eigenvalue weighted by atomic mass is 10.1. The van der Waals surface area contributed by atoms with Crippen LogP contribution in [-0.4, -0.2) is 49.3 Å². The molecular formula is C18H21FN2O4. The number of hydrogen-bond donors (Lipinski definition) is 0. The molecule has 7 heteroatoms. The van der Waals surface area contributed by atoms with Crippen molar-refractivity contribution in [2.24, 2.45) is 0 Å². The van der Waals surface area contributed by atoms with E-state index in [2.05, 4.69) is 4.98 Å². The van der Waals surface area contributed by atoms with E-state index >= 15 is 0 Å². The van der Waals surface area contributed by atoms with Crippen LogP contribution in [0.1, 0.15) is 24.4 Å². The molecule has 1 saturated heterocycles. The van der Waals surface area contributed by atoms with Gasteiger partial charge in [-0.3, -0.25) is 9.78 Å². The standard InChI is InChI=1S/C18H21FN2O4/c1-23-9-8-21-15(11-24-12-18(21)22)13-10-20-7-6-16(13)25-17-5-3-2-4-14(17)19/h3,5-7,10,15H,2,4,8-9,11-12H2,1H3. The molecule has 0 aromatic carbocycles. The smallest absolute Gasteiger partial charge is 0.249 e. The first-order chi connectivity index (χ1) is 12.2. The average molecular weight is 348 g/mol. The van der Waals surface area contributed by atoms with Crippen molar-refractivity contribution in [2.45, 2.75) is 18.9 Å². The number of carbonyl (C=O) groups is 1. The van der Waals surface area contributed by atoms with E-state index in [0.717, 1.165) is 0 Å². The molecule has 0 radical (unpaired) electrons. The van der Waals surface area contributed by atoms with E-state index in [-0.39, 0.29) is 30.1 Å². The molecule has 1 aromatic heterocycles. The molecular weight excluding hydrogens is 327 g/mol. The maximum absolute atomic E-state index is 14.0. The van der Waals surface area contributed by atoms with Crippen LogP contribution in [-0.2, 0) is 14.3 Å². The van der Waals surface area contributed by atoms with E-state index in [1.807, 2.05) is 6.08 Å². The van der Waals surface area contributed by atoms with Gasteiger partial charge in [-0.15, -0.1) is 0 Å². The number of halogens is 1. The number of nitrogens with zero attached hydrogens (tertiary/aromatic N) is 2. The third kappa shape index (κ3) is 4.05. The zero-order valence-electron chi connectivity index (χ0n) is 14.1. The van der Waals surface area contributed by atoms with E-state index in [9.17, 15) is 9.18 Å². The number of rotatable bonds is 6. The Kier molecular flexibility index (Phi) is 5.78. The van der Waals surface area contributed by atoms with Crippen LogP contribution in [0.3, 0.4) is 0 Å². The number of pyridine rings is 1. The highest BCUT2D eigenvalue weighted by atomic mass is 19.1. The summed E-state index contributed by atoms with van der Waals surface area (Å²) in [6.45, 7) is 1.23. The van der Waals surface area contributed by atoms with E-state index in [0.29, 0.717) is 43.9 Å². The molecule has 0 bridgehead atoms. The average Bonchev–Trinajstić information content (AvgIpc) is 2.63. The molecule has 3 rings (SSSR count). The number of hydrogen-bond acceptors (Lipinski definition) is 5. The third-order valence-electron chi connectivity index (χ3n) is 4.19. The van der Waals surface area contributed by atoms with Gasteiger partial charge in [0, 0.05) is 38.0 Å². The van der Waals surface area contributed by atoms with Crippen LogP contribution < -0.4 is 4.74 Å². The summed E-state index contributed by atoms with van der Waals surface area (Å²) in [5.74, 6) is 0.270. The molecule has 1 amide bonds. The predicted molar refractivity (Wildman–Crippen MR) is 88.5 cm³/mol. The molecule has 134 valence electrons. The first-order valence-corrected chi connectivity index (χ1v) is 8.24. The Morgan fingerprint density at radius 3 is 3.16 bits per heavy atom. The summed E-state index contributed by atoms with van der Waals surface area (Å²) in [5.41, 5.74) is 0.686. The highest BCUT2D eigenvalue weighted by Gasteiger charge is 2.32. The summed E-state index contributed by atoms with van der Waals surface area (Å²) in [6, 6.07) is 1.32. The fraction of sp³-hybridized carbons (Fsp3) is 0.444. The SMILES string of the molecule is COCCN1C(=O)COCC1c1cnccc1OC1=C(F)CCC=C1. The number of aromatic nitrogens is 1. The lowest BCUT2D eigenvalue weighted by molar-refractivity contribution is -0.149. The molecule has 1 aliphatic heterocycles. The van der Waals surface area contributed by atoms with Gasteiger partial charge in [-0.2, -0.15) is 0 Å². The number of carbonyl (C=O) groups excluding carboxylic acids is 1. The monoisotopic (exact) mass is 348 g/mol. The lowest BCUT2D eigenvalue weighted by Gasteiger charge is -2.36. The largest absolute Gasteiger partial charge is 0.454 e. The minimum absolute atomic E-state index is 0.0409. The Hall–Kier alpha value is -2.25. The van der Waals surface area contributed by atoms with Gasteiger partial charge in [0.25, 0.3) is 0 Å². The minimum atomic E-state index is -0.351. The van der Waals surface area contributed by atoms with Gasteiger partial charge in [0.15, 0.2) is 5.76 Å². The van der Waals surface area contributed by atoms with Gasteiger partial charge in [-0.1, -0.05) is 6.08 Å². The quantitative estimate of drug-likeness (QED) is 0.791. The van der Waals surface area contributed by atoms with Crippen LogP contribution in [0.15, 0.2) is 42.2 Å². The summed E-state index contributed by atoms with van der Waals surface area (Å²) in [5, 5.41) is 0. The normalized spacial score (nSPS) is 21.0. The van der Waals surface area contributed by atoms with E-state index < -0.39 is 0 Å². The van der Waals surface area contributed by atoms with Crippen LogP contribution >= 0.6 is 0 Å². The molecule has 0 saturated carbocycles. The Morgan fingerprint density at radius 2 is 2.36 bits per heavy atom. The van der Waals surface area contributed by atoms with Crippen molar-refractivity contribution in [3.63, 3.8) is 0 Å². The maximum atomic E-state index is 14.0. The van der Waals surface area contributed by atoms with Crippen molar-refractivity contribution in [1.29, 1.82) is 0 Å². The van der Waals surface area contributed by atoms with E-state index in [1.54, 1.807) is 36.5 Å². The topological polar surface area (TPSA) is 60.9 Å². The second-order valence-electron chi connectivity index (χ2n) is 5.84. The van der Waals surface area contributed by atoms with Crippen LogP contribution in [0.4, 0.5) is 4.39 Å². The highest BCUT2D eigenvalue weighted by molar-refractivity contribution is 5.78. The van der Waals surface area contributed by atoms with Gasteiger partial charge in [0.2, 0.25) is 5.91 Å². The molecule has 1 aromatic rings. The Morgan fingerprint density at radius 1 is 1.48 bits per heavy atom. The molecule has 25 heavy (non-hydrogen) atoms. The Balaban J connectivity index is 1.88. The van der Waals surface area contributed by atoms with Gasteiger partial charge < -0.3 is 19.1 Å².